The number of rotatable bonds is 1. The summed E-state index contributed by atoms with van der Waals surface area (Å²) in [6.07, 6.45) is 9.35. The third-order valence-corrected chi connectivity index (χ3v) is 14.9. The first-order valence-corrected chi connectivity index (χ1v) is 15.1. The van der Waals surface area contributed by atoms with E-state index in [1.165, 1.54) is 38.5 Å². The van der Waals surface area contributed by atoms with Crippen LogP contribution in [-0.2, 0) is 14.3 Å². The van der Waals surface area contributed by atoms with Gasteiger partial charge in [0.25, 0.3) is 0 Å². The van der Waals surface area contributed by atoms with Gasteiger partial charge < -0.3 is 14.6 Å². The Bertz CT molecular complexity index is 960. The smallest absolute Gasteiger partial charge is 0.302 e. The Balaban J connectivity index is 1.36. The number of aliphatic hydroxyl groups excluding tert-OH is 1. The minimum Gasteiger partial charge on any atom is -0.462 e. The quantitative estimate of drug-likeness (QED) is 0.318. The van der Waals surface area contributed by atoms with E-state index in [0.29, 0.717) is 35.0 Å². The molecule has 5 aliphatic carbocycles. The fourth-order valence-corrected chi connectivity index (χ4v) is 12.5. The molecule has 0 spiro atoms. The molecular weight excluding hydrogens is 448 g/mol. The Morgan fingerprint density at radius 3 is 2.19 bits per heavy atom. The molecule has 6 aliphatic rings. The lowest BCUT2D eigenvalue weighted by Crippen LogP contribution is -2.69. The first kappa shape index (κ1) is 25.7. The number of epoxide rings is 1. The number of esters is 1. The van der Waals surface area contributed by atoms with Crippen molar-refractivity contribution < 1.29 is 19.4 Å². The molecular formula is C32H52O4. The number of fused-ring (bicyclic) bond motifs is 8. The van der Waals surface area contributed by atoms with Crippen molar-refractivity contribution in [1.29, 1.82) is 0 Å². The molecule has 4 nitrogen and oxygen atoms in total. The lowest BCUT2D eigenvalue weighted by atomic mass is 9.31. The van der Waals surface area contributed by atoms with Crippen molar-refractivity contribution in [2.45, 2.75) is 138 Å². The fraction of sp³-hybridized carbons (Fsp3) is 0.969. The molecule has 1 saturated heterocycles. The highest BCUT2D eigenvalue weighted by atomic mass is 16.6. The van der Waals surface area contributed by atoms with E-state index in [1.807, 2.05) is 0 Å². The number of carbonyl (C=O) groups excluding carboxylic acids is 1. The normalized spacial score (nSPS) is 60.9. The van der Waals surface area contributed by atoms with Crippen LogP contribution in [0.3, 0.4) is 0 Å². The molecule has 0 aromatic heterocycles. The topological polar surface area (TPSA) is 59.1 Å². The Morgan fingerprint density at radius 1 is 0.833 bits per heavy atom. The van der Waals surface area contributed by atoms with E-state index in [4.69, 9.17) is 9.47 Å². The molecule has 36 heavy (non-hydrogen) atoms. The molecule has 13 atom stereocenters. The molecule has 0 radical (unpaired) electrons. The van der Waals surface area contributed by atoms with Gasteiger partial charge in [-0.25, -0.2) is 0 Å². The first-order valence-electron chi connectivity index (χ1n) is 15.1. The highest BCUT2D eigenvalue weighted by molar-refractivity contribution is 5.66. The lowest BCUT2D eigenvalue weighted by Gasteiger charge is -2.74. The standard InChI is InChI=1S/C32H52O4/c1-18-24-20-10-11-22-28(5)14-13-23(35-19(2)33)27(3,4)21(28)12-15-31(22,8)30(20,7)17-16-29(24,6)25(34)26-32(18,9)36-26/h18,20-26,34H,10-17H2,1-9H3/t18-,20+,21?,22+,23-,24?,25-,26+,28-,29+,30+,31+,32-/m0/s1. The van der Waals surface area contributed by atoms with Crippen LogP contribution < -0.4 is 0 Å². The van der Waals surface area contributed by atoms with Gasteiger partial charge >= 0.3 is 5.97 Å². The number of hydrogen-bond acceptors (Lipinski definition) is 4. The third kappa shape index (κ3) is 2.82. The Labute approximate surface area is 219 Å². The van der Waals surface area contributed by atoms with Crippen molar-refractivity contribution in [1.82, 2.24) is 0 Å². The molecule has 4 heteroatoms. The van der Waals surface area contributed by atoms with Crippen LogP contribution in [0, 0.1) is 56.7 Å². The van der Waals surface area contributed by atoms with Crippen molar-refractivity contribution in [2.75, 3.05) is 0 Å². The van der Waals surface area contributed by atoms with Crippen LogP contribution in [0.4, 0.5) is 0 Å². The van der Waals surface area contributed by atoms with Crippen molar-refractivity contribution in [3.63, 3.8) is 0 Å². The third-order valence-electron chi connectivity index (χ3n) is 14.9. The van der Waals surface area contributed by atoms with Crippen LogP contribution in [0.5, 0.6) is 0 Å². The molecule has 5 saturated carbocycles. The predicted octanol–water partition coefficient (Wildman–Crippen LogP) is 6.78. The van der Waals surface area contributed by atoms with Gasteiger partial charge in [0, 0.05) is 12.3 Å². The number of ether oxygens (including phenoxy) is 2. The average molecular weight is 501 g/mol. The molecule has 6 rings (SSSR count). The van der Waals surface area contributed by atoms with E-state index in [-0.39, 0.29) is 51.5 Å². The highest BCUT2D eigenvalue weighted by Gasteiger charge is 2.76. The van der Waals surface area contributed by atoms with Crippen molar-refractivity contribution in [3.05, 3.63) is 0 Å². The highest BCUT2D eigenvalue weighted by Crippen LogP contribution is 2.78. The summed E-state index contributed by atoms with van der Waals surface area (Å²) in [7, 11) is 0. The molecule has 0 bridgehead atoms. The summed E-state index contributed by atoms with van der Waals surface area (Å²) in [6.45, 7) is 21.4. The minimum absolute atomic E-state index is 0.0117. The van der Waals surface area contributed by atoms with Crippen molar-refractivity contribution >= 4 is 5.97 Å². The van der Waals surface area contributed by atoms with Gasteiger partial charge in [-0.15, -0.1) is 0 Å². The first-order chi connectivity index (χ1) is 16.6. The van der Waals surface area contributed by atoms with Gasteiger partial charge in [0.1, 0.15) is 12.2 Å². The molecule has 0 aromatic carbocycles. The summed E-state index contributed by atoms with van der Waals surface area (Å²) in [5.74, 6) is 2.83. The van der Waals surface area contributed by atoms with Crippen LogP contribution in [0.2, 0.25) is 0 Å². The molecule has 0 aromatic rings. The fourth-order valence-electron chi connectivity index (χ4n) is 12.5. The van der Waals surface area contributed by atoms with E-state index in [1.54, 1.807) is 6.92 Å². The van der Waals surface area contributed by atoms with Gasteiger partial charge in [0.15, 0.2) is 0 Å². The molecule has 204 valence electrons. The number of hydrogen-bond donors (Lipinski definition) is 1. The largest absolute Gasteiger partial charge is 0.462 e. The summed E-state index contributed by atoms with van der Waals surface area (Å²) < 4.78 is 12.2. The summed E-state index contributed by atoms with van der Waals surface area (Å²) in [6, 6.07) is 0. The zero-order chi connectivity index (χ0) is 26.3. The second-order valence-corrected chi connectivity index (χ2v) is 16.1. The summed E-state index contributed by atoms with van der Waals surface area (Å²) in [5, 5.41) is 11.5. The van der Waals surface area contributed by atoms with E-state index < -0.39 is 0 Å². The van der Waals surface area contributed by atoms with E-state index in [2.05, 4.69) is 55.4 Å². The van der Waals surface area contributed by atoms with Gasteiger partial charge in [-0.2, -0.15) is 0 Å². The van der Waals surface area contributed by atoms with Gasteiger partial charge in [-0.3, -0.25) is 4.79 Å². The predicted molar refractivity (Wildman–Crippen MR) is 141 cm³/mol. The van der Waals surface area contributed by atoms with Crippen LogP contribution in [0.1, 0.15) is 114 Å². The average Bonchev–Trinajstić information content (AvgIpc) is 3.48. The van der Waals surface area contributed by atoms with Crippen LogP contribution in [0.25, 0.3) is 0 Å². The van der Waals surface area contributed by atoms with Crippen LogP contribution >= 0.6 is 0 Å². The van der Waals surface area contributed by atoms with E-state index in [0.717, 1.165) is 12.8 Å². The molecule has 6 fully saturated rings. The summed E-state index contributed by atoms with van der Waals surface area (Å²) >= 11 is 0. The minimum atomic E-state index is -0.329. The maximum atomic E-state index is 11.9. The van der Waals surface area contributed by atoms with Gasteiger partial charge in [0.05, 0.1) is 11.7 Å². The van der Waals surface area contributed by atoms with Gasteiger partial charge in [-0.05, 0) is 110 Å². The monoisotopic (exact) mass is 500 g/mol. The SMILES string of the molecule is CC(=O)O[C@H]1CC[C@@]2(C)C(CC[C@]3(C)[C@@H]2CC[C@@H]2C4[C@H](C)[C@]5(C)O[C@@H]5[C@H](O)[C@]4(C)CC[C@]23C)C1(C)C. The zero-order valence-electron chi connectivity index (χ0n) is 24.4. The lowest BCUT2D eigenvalue weighted by molar-refractivity contribution is -0.263. The molecule has 1 heterocycles. The van der Waals surface area contributed by atoms with Crippen molar-refractivity contribution in [2.24, 2.45) is 56.7 Å². The van der Waals surface area contributed by atoms with Crippen LogP contribution in [0.15, 0.2) is 0 Å². The van der Waals surface area contributed by atoms with E-state index in [9.17, 15) is 9.90 Å². The number of carbonyl (C=O) groups is 1. The second kappa shape index (κ2) is 7.32. The summed E-state index contributed by atoms with van der Waals surface area (Å²) in [4.78, 5) is 11.9. The van der Waals surface area contributed by atoms with Crippen molar-refractivity contribution in [3.8, 4) is 0 Å². The second-order valence-electron chi connectivity index (χ2n) is 16.1. The zero-order valence-corrected chi connectivity index (χ0v) is 24.4. The van der Waals surface area contributed by atoms with Crippen LogP contribution in [-0.4, -0.2) is 35.0 Å². The van der Waals surface area contributed by atoms with Gasteiger partial charge in [-0.1, -0.05) is 48.5 Å². The Hall–Kier alpha value is -0.610. The molecule has 0 amide bonds. The molecule has 1 aliphatic heterocycles. The molecule has 2 unspecified atom stereocenters. The summed E-state index contributed by atoms with van der Waals surface area (Å²) in [5.41, 5.74) is 0.728. The molecule has 1 N–H and O–H groups in total. The maximum absolute atomic E-state index is 11.9. The number of aliphatic hydroxyl groups is 1. The Morgan fingerprint density at radius 2 is 1.53 bits per heavy atom. The maximum Gasteiger partial charge on any atom is 0.302 e. The van der Waals surface area contributed by atoms with Gasteiger partial charge in [0.2, 0.25) is 0 Å². The van der Waals surface area contributed by atoms with E-state index >= 15 is 0 Å². The Kier molecular flexibility index (Phi) is 5.21.